The lowest BCUT2D eigenvalue weighted by Gasteiger charge is -2.06. The van der Waals surface area contributed by atoms with Crippen molar-refractivity contribution in [2.45, 2.75) is 6.42 Å². The molecule has 0 aromatic heterocycles. The molecule has 5 heteroatoms. The standard InChI is InChI=1S/C15H11BrF2O2/c1-20-15-3-2-9(4-13(15)16)5-14(19)10-6-11(17)8-12(18)7-10/h2-4,6-8H,5H2,1H3. The molecule has 0 bridgehead atoms. The summed E-state index contributed by atoms with van der Waals surface area (Å²) in [4.78, 5) is 12.0. The first-order valence-electron chi connectivity index (χ1n) is 5.81. The summed E-state index contributed by atoms with van der Waals surface area (Å²) < 4.78 is 32.0. The average Bonchev–Trinajstić information content (AvgIpc) is 2.37. The molecule has 0 saturated carbocycles. The lowest BCUT2D eigenvalue weighted by molar-refractivity contribution is 0.0992. The lowest BCUT2D eigenvalue weighted by Crippen LogP contribution is -2.05. The van der Waals surface area contributed by atoms with Gasteiger partial charge in [-0.3, -0.25) is 4.79 Å². The molecule has 104 valence electrons. The maximum atomic E-state index is 13.1. The summed E-state index contributed by atoms with van der Waals surface area (Å²) in [6.07, 6.45) is 0.0610. The molecule has 20 heavy (non-hydrogen) atoms. The number of carbonyl (C=O) groups is 1. The first kappa shape index (κ1) is 14.7. The average molecular weight is 341 g/mol. The van der Waals surface area contributed by atoms with Crippen molar-refractivity contribution in [1.29, 1.82) is 0 Å². The molecule has 0 fully saturated rings. The van der Waals surface area contributed by atoms with E-state index in [0.29, 0.717) is 5.75 Å². The SMILES string of the molecule is COc1ccc(CC(=O)c2cc(F)cc(F)c2)cc1Br. The van der Waals surface area contributed by atoms with E-state index in [0.717, 1.165) is 28.2 Å². The number of hydrogen-bond donors (Lipinski definition) is 0. The molecule has 0 radical (unpaired) electrons. The van der Waals surface area contributed by atoms with E-state index < -0.39 is 11.6 Å². The van der Waals surface area contributed by atoms with Crippen LogP contribution in [0.3, 0.4) is 0 Å². The number of halogens is 3. The molecule has 2 aromatic rings. The minimum Gasteiger partial charge on any atom is -0.496 e. The molecular formula is C15H11BrF2O2. The van der Waals surface area contributed by atoms with Gasteiger partial charge in [0, 0.05) is 18.1 Å². The van der Waals surface area contributed by atoms with Crippen LogP contribution in [0.5, 0.6) is 5.75 Å². The maximum Gasteiger partial charge on any atom is 0.167 e. The molecular weight excluding hydrogens is 330 g/mol. The number of benzene rings is 2. The van der Waals surface area contributed by atoms with Crippen molar-refractivity contribution in [3.05, 3.63) is 63.6 Å². The quantitative estimate of drug-likeness (QED) is 0.781. The van der Waals surface area contributed by atoms with E-state index in [1.165, 1.54) is 0 Å². The highest BCUT2D eigenvalue weighted by Gasteiger charge is 2.11. The topological polar surface area (TPSA) is 26.3 Å². The van der Waals surface area contributed by atoms with Crippen molar-refractivity contribution in [3.63, 3.8) is 0 Å². The Kier molecular flexibility index (Phi) is 4.49. The van der Waals surface area contributed by atoms with Gasteiger partial charge in [0.25, 0.3) is 0 Å². The van der Waals surface area contributed by atoms with Crippen molar-refractivity contribution in [1.82, 2.24) is 0 Å². The van der Waals surface area contributed by atoms with Crippen LogP contribution in [0.4, 0.5) is 8.78 Å². The predicted octanol–water partition coefficient (Wildman–Crippen LogP) is 4.16. The number of Topliss-reactive ketones (excluding diaryl/α,β-unsaturated/α-hetero) is 1. The highest BCUT2D eigenvalue weighted by Crippen LogP contribution is 2.26. The summed E-state index contributed by atoms with van der Waals surface area (Å²) in [5.41, 5.74) is 0.752. The number of rotatable bonds is 4. The van der Waals surface area contributed by atoms with Gasteiger partial charge in [-0.1, -0.05) is 6.07 Å². The molecule has 0 saturated heterocycles. The Bertz CT molecular complexity index is 636. The molecule has 0 spiro atoms. The van der Waals surface area contributed by atoms with E-state index in [-0.39, 0.29) is 17.8 Å². The second-order valence-corrected chi connectivity index (χ2v) is 5.08. The molecule has 2 nitrogen and oxygen atoms in total. The van der Waals surface area contributed by atoms with Crippen molar-refractivity contribution in [2.75, 3.05) is 7.11 Å². The van der Waals surface area contributed by atoms with Gasteiger partial charge in [0.1, 0.15) is 17.4 Å². The van der Waals surface area contributed by atoms with Crippen LogP contribution in [0, 0.1) is 11.6 Å². The van der Waals surface area contributed by atoms with Crippen LogP contribution < -0.4 is 4.74 Å². The Hall–Kier alpha value is -1.75. The van der Waals surface area contributed by atoms with E-state index in [2.05, 4.69) is 15.9 Å². The highest BCUT2D eigenvalue weighted by atomic mass is 79.9. The largest absolute Gasteiger partial charge is 0.496 e. The van der Waals surface area contributed by atoms with Crippen LogP contribution in [0.1, 0.15) is 15.9 Å². The van der Waals surface area contributed by atoms with Crippen molar-refractivity contribution >= 4 is 21.7 Å². The van der Waals surface area contributed by atoms with E-state index >= 15 is 0 Å². The number of hydrogen-bond acceptors (Lipinski definition) is 2. The summed E-state index contributed by atoms with van der Waals surface area (Å²) in [7, 11) is 1.54. The summed E-state index contributed by atoms with van der Waals surface area (Å²) in [5.74, 6) is -1.22. The summed E-state index contributed by atoms with van der Waals surface area (Å²) >= 11 is 3.32. The molecule has 2 aromatic carbocycles. The first-order valence-corrected chi connectivity index (χ1v) is 6.60. The first-order chi connectivity index (χ1) is 9.49. The van der Waals surface area contributed by atoms with Crippen molar-refractivity contribution in [3.8, 4) is 5.75 Å². The lowest BCUT2D eigenvalue weighted by atomic mass is 10.0. The molecule has 0 unspecified atom stereocenters. The van der Waals surface area contributed by atoms with Gasteiger partial charge in [-0.05, 0) is 45.8 Å². The molecule has 0 aliphatic heterocycles. The zero-order valence-electron chi connectivity index (χ0n) is 10.6. The Morgan fingerprint density at radius 2 is 1.80 bits per heavy atom. The number of methoxy groups -OCH3 is 1. The molecule has 0 aliphatic carbocycles. The van der Waals surface area contributed by atoms with Gasteiger partial charge in [0.2, 0.25) is 0 Å². The Morgan fingerprint density at radius 3 is 2.35 bits per heavy atom. The van der Waals surface area contributed by atoms with E-state index in [1.54, 1.807) is 25.3 Å². The predicted molar refractivity (Wildman–Crippen MR) is 75.1 cm³/mol. The van der Waals surface area contributed by atoms with Crippen LogP contribution >= 0.6 is 15.9 Å². The fraction of sp³-hybridized carbons (Fsp3) is 0.133. The number of ether oxygens (including phenoxy) is 1. The molecule has 2 rings (SSSR count). The second kappa shape index (κ2) is 6.13. The second-order valence-electron chi connectivity index (χ2n) is 4.23. The van der Waals surface area contributed by atoms with Gasteiger partial charge < -0.3 is 4.74 Å². The summed E-state index contributed by atoms with van der Waals surface area (Å²) in [5, 5.41) is 0. The van der Waals surface area contributed by atoms with E-state index in [9.17, 15) is 13.6 Å². The van der Waals surface area contributed by atoms with Gasteiger partial charge in [-0.25, -0.2) is 8.78 Å². The fourth-order valence-electron chi connectivity index (χ4n) is 1.82. The van der Waals surface area contributed by atoms with Crippen LogP contribution in [0.25, 0.3) is 0 Å². The third kappa shape index (κ3) is 3.42. The molecule has 0 atom stereocenters. The van der Waals surface area contributed by atoms with Crippen LogP contribution in [0.15, 0.2) is 40.9 Å². The van der Waals surface area contributed by atoms with Crippen LogP contribution in [0.2, 0.25) is 0 Å². The third-order valence-electron chi connectivity index (χ3n) is 2.77. The third-order valence-corrected chi connectivity index (χ3v) is 3.39. The van der Waals surface area contributed by atoms with Crippen LogP contribution in [-0.2, 0) is 6.42 Å². The number of carbonyl (C=O) groups excluding carboxylic acids is 1. The zero-order chi connectivity index (χ0) is 14.7. The van der Waals surface area contributed by atoms with Gasteiger partial charge >= 0.3 is 0 Å². The normalized spacial score (nSPS) is 10.4. The minimum atomic E-state index is -0.760. The van der Waals surface area contributed by atoms with Gasteiger partial charge in [-0.15, -0.1) is 0 Å². The summed E-state index contributed by atoms with van der Waals surface area (Å²) in [6, 6.07) is 8.00. The van der Waals surface area contributed by atoms with Crippen molar-refractivity contribution in [2.24, 2.45) is 0 Å². The maximum absolute atomic E-state index is 13.1. The minimum absolute atomic E-state index is 0.0226. The highest BCUT2D eigenvalue weighted by molar-refractivity contribution is 9.10. The van der Waals surface area contributed by atoms with Gasteiger partial charge in [-0.2, -0.15) is 0 Å². The zero-order valence-corrected chi connectivity index (χ0v) is 12.2. The Morgan fingerprint density at radius 1 is 1.15 bits per heavy atom. The molecule has 0 aliphatic rings. The molecule has 0 heterocycles. The summed E-state index contributed by atoms with van der Waals surface area (Å²) in [6.45, 7) is 0. The smallest absolute Gasteiger partial charge is 0.167 e. The Balaban J connectivity index is 2.21. The van der Waals surface area contributed by atoms with Gasteiger partial charge in [0.15, 0.2) is 5.78 Å². The van der Waals surface area contributed by atoms with Crippen LogP contribution in [-0.4, -0.2) is 12.9 Å². The van der Waals surface area contributed by atoms with E-state index in [1.807, 2.05) is 0 Å². The van der Waals surface area contributed by atoms with E-state index in [4.69, 9.17) is 4.74 Å². The molecule has 0 amide bonds. The molecule has 0 N–H and O–H groups in total. The van der Waals surface area contributed by atoms with Crippen molar-refractivity contribution < 1.29 is 18.3 Å². The fourth-order valence-corrected chi connectivity index (χ4v) is 2.41. The van der Waals surface area contributed by atoms with Gasteiger partial charge in [0.05, 0.1) is 11.6 Å². The number of ketones is 1. The Labute approximate surface area is 123 Å². The monoisotopic (exact) mass is 340 g/mol.